The van der Waals surface area contributed by atoms with Crippen molar-refractivity contribution in [1.29, 1.82) is 0 Å². The zero-order valence-corrected chi connectivity index (χ0v) is 15.3. The van der Waals surface area contributed by atoms with Crippen molar-refractivity contribution >= 4 is 24.0 Å². The molecule has 1 aliphatic rings. The zero-order chi connectivity index (χ0) is 14.0. The van der Waals surface area contributed by atoms with E-state index in [4.69, 9.17) is 16.3 Å². The molecule has 0 spiro atoms. The van der Waals surface area contributed by atoms with Gasteiger partial charge in [0.15, 0.2) is 0 Å². The molecule has 1 aromatic rings. The van der Waals surface area contributed by atoms with Gasteiger partial charge in [-0.15, -0.1) is 12.4 Å². The number of likely N-dealkylation sites (tertiary alicyclic amines) is 1. The molecule has 0 amide bonds. The van der Waals surface area contributed by atoms with Crippen LogP contribution in [0, 0.1) is 0 Å². The first-order chi connectivity index (χ1) is 9.84. The Morgan fingerprint density at radius 1 is 0.913 bits per heavy atom. The van der Waals surface area contributed by atoms with Gasteiger partial charge in [0, 0.05) is 24.8 Å². The predicted molar refractivity (Wildman–Crippen MR) is 100.0 cm³/mol. The number of hydrogen-bond acceptors (Lipinski definition) is 2. The second-order valence-corrected chi connectivity index (χ2v) is 6.03. The topological polar surface area (TPSA) is 75.5 Å². The first kappa shape index (κ1) is 24.9. The van der Waals surface area contributed by atoms with Crippen molar-refractivity contribution in [3.63, 3.8) is 0 Å². The average molecular weight is 368 g/mol. The minimum absolute atomic E-state index is 0. The summed E-state index contributed by atoms with van der Waals surface area (Å²) in [6.45, 7) is 5.55. The van der Waals surface area contributed by atoms with E-state index in [9.17, 15) is 0 Å². The van der Waals surface area contributed by atoms with E-state index in [1.165, 1.54) is 50.9 Å². The van der Waals surface area contributed by atoms with E-state index in [1.807, 2.05) is 12.1 Å². The molecule has 23 heavy (non-hydrogen) atoms. The van der Waals surface area contributed by atoms with Crippen LogP contribution in [0.15, 0.2) is 24.3 Å². The molecule has 1 saturated heterocycles. The summed E-state index contributed by atoms with van der Waals surface area (Å²) in [6.07, 6.45) is 7.50. The molecule has 4 nitrogen and oxygen atoms in total. The van der Waals surface area contributed by atoms with Crippen LogP contribution in [-0.2, 0) is 11.2 Å². The van der Waals surface area contributed by atoms with Gasteiger partial charge in [0.2, 0.25) is 0 Å². The lowest BCUT2D eigenvalue weighted by Gasteiger charge is -2.26. The molecule has 0 radical (unpaired) electrons. The molecule has 0 aromatic heterocycles. The number of halogens is 2. The fourth-order valence-electron chi connectivity index (χ4n) is 2.70. The highest BCUT2D eigenvalue weighted by molar-refractivity contribution is 6.30. The van der Waals surface area contributed by atoms with E-state index in [0.29, 0.717) is 0 Å². The molecule has 1 heterocycles. The summed E-state index contributed by atoms with van der Waals surface area (Å²) < 4.78 is 5.72. The van der Waals surface area contributed by atoms with E-state index >= 15 is 0 Å². The van der Waals surface area contributed by atoms with Gasteiger partial charge in [0.1, 0.15) is 0 Å². The van der Waals surface area contributed by atoms with Crippen LogP contribution < -0.4 is 0 Å². The fourth-order valence-corrected chi connectivity index (χ4v) is 2.83. The van der Waals surface area contributed by atoms with Crippen LogP contribution in [0.1, 0.15) is 37.7 Å². The van der Waals surface area contributed by atoms with Gasteiger partial charge in [0.05, 0.1) is 0 Å². The monoisotopic (exact) mass is 367 g/mol. The molecule has 1 fully saturated rings. The van der Waals surface area contributed by atoms with Crippen LogP contribution in [0.25, 0.3) is 0 Å². The molecule has 2 rings (SSSR count). The van der Waals surface area contributed by atoms with Crippen LogP contribution in [0.4, 0.5) is 0 Å². The number of ether oxygens (including phenoxy) is 1. The summed E-state index contributed by atoms with van der Waals surface area (Å²) in [5.74, 6) is 0. The highest BCUT2D eigenvalue weighted by Crippen LogP contribution is 2.11. The molecule has 1 aromatic carbocycles. The lowest BCUT2D eigenvalue weighted by atomic mass is 10.1. The summed E-state index contributed by atoms with van der Waals surface area (Å²) in [7, 11) is 0. The highest BCUT2D eigenvalue weighted by Gasteiger charge is 2.08. The number of hydrogen-bond donors (Lipinski definition) is 0. The van der Waals surface area contributed by atoms with Crippen LogP contribution >= 0.6 is 24.0 Å². The number of rotatable bonds is 8. The second kappa shape index (κ2) is 15.2. The maximum atomic E-state index is 5.87. The lowest BCUT2D eigenvalue weighted by Crippen LogP contribution is -2.31. The Morgan fingerprint density at radius 3 is 2.17 bits per heavy atom. The van der Waals surface area contributed by atoms with Crippen LogP contribution in [0.5, 0.6) is 0 Å². The van der Waals surface area contributed by atoms with Gasteiger partial charge in [-0.3, -0.25) is 0 Å². The molecule has 0 aliphatic carbocycles. The number of nitrogens with zero attached hydrogens (tertiary/aromatic N) is 1. The lowest BCUT2D eigenvalue weighted by molar-refractivity contribution is 0.115. The zero-order valence-electron chi connectivity index (χ0n) is 13.7. The number of piperidine rings is 1. The van der Waals surface area contributed by atoms with Crippen molar-refractivity contribution in [1.82, 2.24) is 4.90 Å². The Hall–Kier alpha value is -0.360. The Morgan fingerprint density at radius 2 is 1.52 bits per heavy atom. The molecule has 136 valence electrons. The SMILES string of the molecule is Cl.Clc1ccc(CCCOCCCN2CCCCC2)cc1.O.O. The van der Waals surface area contributed by atoms with Crippen LogP contribution in [0.3, 0.4) is 0 Å². The Labute approximate surface area is 151 Å². The van der Waals surface area contributed by atoms with E-state index in [1.54, 1.807) is 0 Å². The number of aryl methyl sites for hydroxylation is 1. The summed E-state index contributed by atoms with van der Waals surface area (Å²) in [6, 6.07) is 8.10. The average Bonchev–Trinajstić information content (AvgIpc) is 2.49. The minimum atomic E-state index is 0. The predicted octanol–water partition coefficient (Wildman–Crippen LogP) is 2.94. The largest absolute Gasteiger partial charge is 0.412 e. The molecular formula is C17H31Cl2NO3. The molecule has 0 saturated carbocycles. The first-order valence-electron chi connectivity index (χ1n) is 7.89. The van der Waals surface area contributed by atoms with Crippen molar-refractivity contribution in [3.8, 4) is 0 Å². The first-order valence-corrected chi connectivity index (χ1v) is 8.27. The minimum Gasteiger partial charge on any atom is -0.412 e. The van der Waals surface area contributed by atoms with Crippen LogP contribution in [0.2, 0.25) is 5.02 Å². The van der Waals surface area contributed by atoms with E-state index in [-0.39, 0.29) is 23.4 Å². The molecular weight excluding hydrogens is 337 g/mol. The smallest absolute Gasteiger partial charge is 0.0478 e. The summed E-state index contributed by atoms with van der Waals surface area (Å²) in [5.41, 5.74) is 1.34. The van der Waals surface area contributed by atoms with Crippen molar-refractivity contribution in [2.24, 2.45) is 0 Å². The summed E-state index contributed by atoms with van der Waals surface area (Å²) in [5, 5.41) is 0.808. The van der Waals surface area contributed by atoms with E-state index in [0.717, 1.165) is 31.1 Å². The third-order valence-electron chi connectivity index (χ3n) is 3.88. The third kappa shape index (κ3) is 10.9. The Bertz CT molecular complexity index is 371. The molecule has 0 bridgehead atoms. The summed E-state index contributed by atoms with van der Waals surface area (Å²) in [4.78, 5) is 2.57. The number of benzene rings is 1. The van der Waals surface area contributed by atoms with Gasteiger partial charge in [-0.2, -0.15) is 0 Å². The quantitative estimate of drug-likeness (QED) is 0.662. The van der Waals surface area contributed by atoms with E-state index in [2.05, 4.69) is 17.0 Å². The van der Waals surface area contributed by atoms with Gasteiger partial charge in [0.25, 0.3) is 0 Å². The standard InChI is InChI=1S/C17H26ClNO.ClH.2H2O/c18-17-9-7-16(8-10-17)6-4-14-20-15-5-13-19-11-2-1-3-12-19;;;/h7-10H,1-6,11-15H2;1H;2*1H2. The molecule has 0 unspecified atom stereocenters. The third-order valence-corrected chi connectivity index (χ3v) is 4.13. The van der Waals surface area contributed by atoms with Gasteiger partial charge in [-0.25, -0.2) is 0 Å². The maximum Gasteiger partial charge on any atom is 0.0478 e. The second-order valence-electron chi connectivity index (χ2n) is 5.60. The van der Waals surface area contributed by atoms with Gasteiger partial charge in [-0.05, 0) is 62.9 Å². The van der Waals surface area contributed by atoms with Gasteiger partial charge in [-0.1, -0.05) is 30.2 Å². The fraction of sp³-hybridized carbons (Fsp3) is 0.647. The van der Waals surface area contributed by atoms with Crippen molar-refractivity contribution in [3.05, 3.63) is 34.9 Å². The molecule has 0 atom stereocenters. The maximum absolute atomic E-state index is 5.87. The van der Waals surface area contributed by atoms with Gasteiger partial charge >= 0.3 is 0 Å². The molecule has 4 N–H and O–H groups in total. The molecule has 6 heteroatoms. The van der Waals surface area contributed by atoms with Crippen molar-refractivity contribution in [2.75, 3.05) is 32.8 Å². The van der Waals surface area contributed by atoms with Crippen molar-refractivity contribution in [2.45, 2.75) is 38.5 Å². The Balaban J connectivity index is 0. The van der Waals surface area contributed by atoms with E-state index < -0.39 is 0 Å². The normalized spacial score (nSPS) is 14.3. The molecule has 1 aliphatic heterocycles. The summed E-state index contributed by atoms with van der Waals surface area (Å²) >= 11 is 5.87. The highest BCUT2D eigenvalue weighted by atomic mass is 35.5. The van der Waals surface area contributed by atoms with Gasteiger partial charge < -0.3 is 20.6 Å². The Kier molecular flexibility index (Phi) is 16.4. The van der Waals surface area contributed by atoms with Crippen molar-refractivity contribution < 1.29 is 15.7 Å². The van der Waals surface area contributed by atoms with Crippen LogP contribution in [-0.4, -0.2) is 48.7 Å².